The zero-order valence-corrected chi connectivity index (χ0v) is 7.28. The number of ether oxygens (including phenoxy) is 2. The van der Waals surface area contributed by atoms with Crippen LogP contribution in [0.4, 0.5) is 0 Å². The van der Waals surface area contributed by atoms with Crippen LogP contribution in [0.1, 0.15) is 5.69 Å². The minimum atomic E-state index is 0.545. The molecule has 4 nitrogen and oxygen atoms in total. The normalized spacial score (nSPS) is 9.83. The summed E-state index contributed by atoms with van der Waals surface area (Å²) in [5.74, 6) is 0.545. The topological polar surface area (TPSA) is 44.2 Å². The Morgan fingerprint density at radius 1 is 1.33 bits per heavy atom. The van der Waals surface area contributed by atoms with E-state index in [1.165, 1.54) is 0 Å². The van der Waals surface area contributed by atoms with Gasteiger partial charge in [0.1, 0.15) is 0 Å². The first-order valence-corrected chi connectivity index (χ1v) is 3.70. The molecule has 66 valence electrons. The molecule has 0 aliphatic heterocycles. The second-order valence-electron chi connectivity index (χ2n) is 2.30. The summed E-state index contributed by atoms with van der Waals surface area (Å²) >= 11 is 0. The molecule has 0 saturated carbocycles. The van der Waals surface area contributed by atoms with Gasteiger partial charge < -0.3 is 9.47 Å². The molecule has 12 heavy (non-hydrogen) atoms. The number of aromatic nitrogens is 2. The third-order valence-electron chi connectivity index (χ3n) is 1.43. The maximum absolute atomic E-state index is 4.92. The maximum atomic E-state index is 4.92. The molecule has 0 N–H and O–H groups in total. The standard InChI is InChI=1S/C8H12N2O2/c1-11-4-3-7-5-9-6-8(10-7)12-2/h5-6H,3-4H2,1-2H3. The molecule has 0 bridgehead atoms. The summed E-state index contributed by atoms with van der Waals surface area (Å²) in [4.78, 5) is 8.13. The first-order chi connectivity index (χ1) is 5.86. The fraction of sp³-hybridized carbons (Fsp3) is 0.500. The van der Waals surface area contributed by atoms with E-state index >= 15 is 0 Å². The van der Waals surface area contributed by atoms with Gasteiger partial charge in [-0.3, -0.25) is 4.98 Å². The van der Waals surface area contributed by atoms with Crippen LogP contribution in [0.25, 0.3) is 0 Å². The van der Waals surface area contributed by atoms with Crippen molar-refractivity contribution >= 4 is 0 Å². The van der Waals surface area contributed by atoms with Gasteiger partial charge in [-0.25, -0.2) is 4.98 Å². The van der Waals surface area contributed by atoms with Gasteiger partial charge in [-0.2, -0.15) is 0 Å². The van der Waals surface area contributed by atoms with E-state index in [9.17, 15) is 0 Å². The smallest absolute Gasteiger partial charge is 0.232 e. The lowest BCUT2D eigenvalue weighted by Gasteiger charge is -2.01. The Labute approximate surface area is 71.6 Å². The second-order valence-corrected chi connectivity index (χ2v) is 2.30. The Kier molecular flexibility index (Phi) is 3.47. The van der Waals surface area contributed by atoms with Gasteiger partial charge >= 0.3 is 0 Å². The lowest BCUT2D eigenvalue weighted by Crippen LogP contribution is -1.99. The van der Waals surface area contributed by atoms with Gasteiger partial charge in [0.05, 0.1) is 25.6 Å². The fourth-order valence-electron chi connectivity index (χ4n) is 0.812. The van der Waals surface area contributed by atoms with Crippen molar-refractivity contribution in [1.29, 1.82) is 0 Å². The highest BCUT2D eigenvalue weighted by atomic mass is 16.5. The number of nitrogens with zero attached hydrogens (tertiary/aromatic N) is 2. The Balaban J connectivity index is 2.60. The van der Waals surface area contributed by atoms with Crippen LogP contribution in [0, 0.1) is 0 Å². The third kappa shape index (κ3) is 2.47. The van der Waals surface area contributed by atoms with Crippen molar-refractivity contribution in [3.05, 3.63) is 18.1 Å². The molecule has 0 aliphatic rings. The first kappa shape index (κ1) is 8.93. The summed E-state index contributed by atoms with van der Waals surface area (Å²) in [6, 6.07) is 0. The van der Waals surface area contributed by atoms with E-state index in [2.05, 4.69) is 9.97 Å². The largest absolute Gasteiger partial charge is 0.480 e. The highest BCUT2D eigenvalue weighted by molar-refractivity contribution is 5.08. The fourth-order valence-corrected chi connectivity index (χ4v) is 0.812. The molecule has 1 aromatic heterocycles. The predicted molar refractivity (Wildman–Crippen MR) is 44.2 cm³/mol. The molecule has 4 heteroatoms. The van der Waals surface area contributed by atoms with Crippen molar-refractivity contribution in [3.8, 4) is 5.88 Å². The minimum Gasteiger partial charge on any atom is -0.480 e. The van der Waals surface area contributed by atoms with E-state index in [4.69, 9.17) is 9.47 Å². The van der Waals surface area contributed by atoms with Gasteiger partial charge in [-0.15, -0.1) is 0 Å². The predicted octanol–water partition coefficient (Wildman–Crippen LogP) is 0.674. The molecular weight excluding hydrogens is 156 g/mol. The van der Waals surface area contributed by atoms with Crippen molar-refractivity contribution in [2.24, 2.45) is 0 Å². The summed E-state index contributed by atoms with van der Waals surface area (Å²) in [5, 5.41) is 0. The summed E-state index contributed by atoms with van der Waals surface area (Å²) in [7, 11) is 3.23. The Bertz CT molecular complexity index is 240. The van der Waals surface area contributed by atoms with Crippen LogP contribution in [0.2, 0.25) is 0 Å². The van der Waals surface area contributed by atoms with Crippen molar-refractivity contribution in [1.82, 2.24) is 9.97 Å². The number of rotatable bonds is 4. The van der Waals surface area contributed by atoms with Gasteiger partial charge in [-0.05, 0) is 0 Å². The molecule has 1 aromatic rings. The zero-order chi connectivity index (χ0) is 8.81. The van der Waals surface area contributed by atoms with Gasteiger partial charge in [-0.1, -0.05) is 0 Å². The van der Waals surface area contributed by atoms with Crippen LogP contribution in [0.5, 0.6) is 5.88 Å². The summed E-state index contributed by atoms with van der Waals surface area (Å²) in [5.41, 5.74) is 0.885. The van der Waals surface area contributed by atoms with E-state index in [0.717, 1.165) is 12.1 Å². The molecule has 1 heterocycles. The lowest BCUT2D eigenvalue weighted by atomic mass is 10.3. The molecule has 0 aliphatic carbocycles. The van der Waals surface area contributed by atoms with Gasteiger partial charge in [0.2, 0.25) is 5.88 Å². The second kappa shape index (κ2) is 4.66. The lowest BCUT2D eigenvalue weighted by molar-refractivity contribution is 0.201. The average molecular weight is 168 g/mol. The summed E-state index contributed by atoms with van der Waals surface area (Å²) in [6.07, 6.45) is 4.05. The third-order valence-corrected chi connectivity index (χ3v) is 1.43. The molecule has 0 unspecified atom stereocenters. The first-order valence-electron chi connectivity index (χ1n) is 3.70. The Morgan fingerprint density at radius 3 is 2.83 bits per heavy atom. The van der Waals surface area contributed by atoms with Gasteiger partial charge in [0, 0.05) is 19.7 Å². The average Bonchev–Trinajstić information content (AvgIpc) is 2.15. The Morgan fingerprint density at radius 2 is 2.17 bits per heavy atom. The molecule has 0 atom stereocenters. The summed E-state index contributed by atoms with van der Waals surface area (Å²) in [6.45, 7) is 0.655. The molecule has 0 aromatic carbocycles. The van der Waals surface area contributed by atoms with Crippen LogP contribution in [-0.4, -0.2) is 30.8 Å². The van der Waals surface area contributed by atoms with E-state index in [-0.39, 0.29) is 0 Å². The van der Waals surface area contributed by atoms with Crippen molar-refractivity contribution in [2.45, 2.75) is 6.42 Å². The molecule has 0 amide bonds. The van der Waals surface area contributed by atoms with Crippen LogP contribution in [-0.2, 0) is 11.2 Å². The van der Waals surface area contributed by atoms with E-state index in [0.29, 0.717) is 12.5 Å². The quantitative estimate of drug-likeness (QED) is 0.663. The highest BCUT2D eigenvalue weighted by Crippen LogP contribution is 2.03. The summed E-state index contributed by atoms with van der Waals surface area (Å²) < 4.78 is 9.83. The van der Waals surface area contributed by atoms with Crippen LogP contribution >= 0.6 is 0 Å². The van der Waals surface area contributed by atoms with E-state index < -0.39 is 0 Å². The van der Waals surface area contributed by atoms with Crippen molar-refractivity contribution < 1.29 is 9.47 Å². The number of methoxy groups -OCH3 is 2. The van der Waals surface area contributed by atoms with Crippen LogP contribution in [0.3, 0.4) is 0 Å². The SMILES string of the molecule is COCCc1cncc(OC)n1. The number of hydrogen-bond donors (Lipinski definition) is 0. The molecule has 0 spiro atoms. The molecule has 0 radical (unpaired) electrons. The zero-order valence-electron chi connectivity index (χ0n) is 7.28. The number of hydrogen-bond acceptors (Lipinski definition) is 4. The van der Waals surface area contributed by atoms with Crippen molar-refractivity contribution in [3.63, 3.8) is 0 Å². The Hall–Kier alpha value is -1.16. The van der Waals surface area contributed by atoms with E-state index in [1.807, 2.05) is 0 Å². The van der Waals surface area contributed by atoms with Crippen molar-refractivity contribution in [2.75, 3.05) is 20.8 Å². The monoisotopic (exact) mass is 168 g/mol. The highest BCUT2D eigenvalue weighted by Gasteiger charge is 1.97. The maximum Gasteiger partial charge on any atom is 0.232 e. The molecular formula is C8H12N2O2. The van der Waals surface area contributed by atoms with E-state index in [1.54, 1.807) is 26.6 Å². The molecule has 0 saturated heterocycles. The molecule has 0 fully saturated rings. The van der Waals surface area contributed by atoms with Crippen LogP contribution in [0.15, 0.2) is 12.4 Å². The van der Waals surface area contributed by atoms with Crippen LogP contribution < -0.4 is 4.74 Å². The minimum absolute atomic E-state index is 0.545. The molecule has 1 rings (SSSR count). The van der Waals surface area contributed by atoms with Gasteiger partial charge in [0.25, 0.3) is 0 Å². The van der Waals surface area contributed by atoms with Gasteiger partial charge in [0.15, 0.2) is 0 Å².